The Hall–Kier alpha value is 0.310. The summed E-state index contributed by atoms with van der Waals surface area (Å²) < 4.78 is 0.356. The summed E-state index contributed by atoms with van der Waals surface area (Å²) in [6, 6.07) is 0.576. The highest BCUT2D eigenvalue weighted by Crippen LogP contribution is 2.24. The zero-order valence-corrected chi connectivity index (χ0v) is 7.80. The molecule has 0 rings (SSSR count). The van der Waals surface area contributed by atoms with Crippen molar-refractivity contribution in [3.63, 3.8) is 0 Å². The third-order valence-corrected chi connectivity index (χ3v) is 3.41. The third kappa shape index (κ3) is 2.59. The Morgan fingerprint density at radius 1 is 1.44 bits per heavy atom. The molecule has 0 radical (unpaired) electrons. The van der Waals surface area contributed by atoms with Crippen LogP contribution in [0.1, 0.15) is 20.8 Å². The van der Waals surface area contributed by atoms with Gasteiger partial charge in [-0.05, 0) is 34.1 Å². The molecule has 0 bridgehead atoms. The predicted octanol–water partition coefficient (Wildman–Crippen LogP) is 1.74. The molecule has 0 aliphatic heterocycles. The van der Waals surface area contributed by atoms with Gasteiger partial charge in [0.1, 0.15) is 0 Å². The molecule has 0 spiro atoms. The van der Waals surface area contributed by atoms with Crippen molar-refractivity contribution in [3.8, 4) is 0 Å². The van der Waals surface area contributed by atoms with Crippen molar-refractivity contribution in [1.29, 1.82) is 0 Å². The molecule has 1 unspecified atom stereocenters. The highest BCUT2D eigenvalue weighted by atomic mass is 32.2. The summed E-state index contributed by atoms with van der Waals surface area (Å²) in [6.07, 6.45) is 2.15. The highest BCUT2D eigenvalue weighted by Gasteiger charge is 2.22. The van der Waals surface area contributed by atoms with Crippen LogP contribution in [-0.4, -0.2) is 24.1 Å². The van der Waals surface area contributed by atoms with E-state index in [-0.39, 0.29) is 0 Å². The molecular formula is C7H17NS. The Labute approximate surface area is 62.6 Å². The van der Waals surface area contributed by atoms with Crippen molar-refractivity contribution in [2.24, 2.45) is 0 Å². The lowest BCUT2D eigenvalue weighted by Crippen LogP contribution is -2.39. The van der Waals surface area contributed by atoms with E-state index in [1.54, 1.807) is 0 Å². The summed E-state index contributed by atoms with van der Waals surface area (Å²) in [5, 5.41) is 3.24. The van der Waals surface area contributed by atoms with Crippen LogP contribution in [0.2, 0.25) is 0 Å². The molecule has 0 aromatic heterocycles. The number of rotatable bonds is 3. The standard InChI is InChI=1S/C7H17NS/c1-6(8-4)7(2,3)9-5/h6,8H,1-5H3. The molecule has 0 amide bonds. The summed E-state index contributed by atoms with van der Waals surface area (Å²) in [6.45, 7) is 6.70. The van der Waals surface area contributed by atoms with E-state index in [2.05, 4.69) is 32.3 Å². The lowest BCUT2D eigenvalue weighted by Gasteiger charge is -2.29. The van der Waals surface area contributed by atoms with Crippen LogP contribution in [-0.2, 0) is 0 Å². The Kier molecular flexibility index (Phi) is 3.59. The molecule has 0 aromatic rings. The first-order valence-corrected chi connectivity index (χ1v) is 4.49. The Bertz CT molecular complexity index is 81.0. The van der Waals surface area contributed by atoms with E-state index in [0.29, 0.717) is 10.8 Å². The van der Waals surface area contributed by atoms with Crippen molar-refractivity contribution in [2.75, 3.05) is 13.3 Å². The molecule has 1 N–H and O–H groups in total. The third-order valence-electron chi connectivity index (χ3n) is 2.00. The van der Waals surface area contributed by atoms with Gasteiger partial charge in [-0.1, -0.05) is 0 Å². The second-order valence-corrected chi connectivity index (χ2v) is 4.28. The zero-order valence-electron chi connectivity index (χ0n) is 6.99. The normalized spacial score (nSPS) is 15.7. The Morgan fingerprint density at radius 2 is 1.89 bits per heavy atom. The first-order valence-electron chi connectivity index (χ1n) is 3.27. The van der Waals surface area contributed by atoms with E-state index in [4.69, 9.17) is 0 Å². The fourth-order valence-electron chi connectivity index (χ4n) is 0.524. The molecule has 1 nitrogen and oxygen atoms in total. The summed E-state index contributed by atoms with van der Waals surface area (Å²) >= 11 is 1.90. The summed E-state index contributed by atoms with van der Waals surface area (Å²) in [7, 11) is 2.00. The molecule has 0 heterocycles. The summed E-state index contributed by atoms with van der Waals surface area (Å²) in [5.41, 5.74) is 0. The van der Waals surface area contributed by atoms with Crippen LogP contribution in [0.4, 0.5) is 0 Å². The van der Waals surface area contributed by atoms with Crippen LogP contribution >= 0.6 is 11.8 Å². The van der Waals surface area contributed by atoms with Crippen LogP contribution in [0, 0.1) is 0 Å². The molecule has 56 valence electrons. The van der Waals surface area contributed by atoms with E-state index >= 15 is 0 Å². The van der Waals surface area contributed by atoms with Crippen molar-refractivity contribution < 1.29 is 0 Å². The maximum absolute atomic E-state index is 3.24. The monoisotopic (exact) mass is 147 g/mol. The molecule has 0 saturated heterocycles. The second-order valence-electron chi connectivity index (χ2n) is 2.82. The number of hydrogen-bond acceptors (Lipinski definition) is 2. The molecule has 0 fully saturated rings. The smallest absolute Gasteiger partial charge is 0.0251 e. The molecule has 9 heavy (non-hydrogen) atoms. The number of nitrogens with one attached hydrogen (secondary N) is 1. The van der Waals surface area contributed by atoms with Gasteiger partial charge in [0.25, 0.3) is 0 Å². The van der Waals surface area contributed by atoms with Gasteiger partial charge in [0, 0.05) is 10.8 Å². The maximum atomic E-state index is 3.24. The molecule has 0 saturated carbocycles. The van der Waals surface area contributed by atoms with Gasteiger partial charge < -0.3 is 5.32 Å². The molecular weight excluding hydrogens is 130 g/mol. The van der Waals surface area contributed by atoms with Gasteiger partial charge in [0.15, 0.2) is 0 Å². The average Bonchev–Trinajstić information content (AvgIpc) is 1.86. The van der Waals surface area contributed by atoms with Crippen molar-refractivity contribution >= 4 is 11.8 Å². The fraction of sp³-hybridized carbons (Fsp3) is 1.00. The average molecular weight is 147 g/mol. The summed E-state index contributed by atoms with van der Waals surface area (Å²) in [5.74, 6) is 0. The largest absolute Gasteiger partial charge is 0.316 e. The van der Waals surface area contributed by atoms with Crippen LogP contribution < -0.4 is 5.32 Å². The first kappa shape index (κ1) is 9.31. The predicted molar refractivity (Wildman–Crippen MR) is 46.1 cm³/mol. The lowest BCUT2D eigenvalue weighted by atomic mass is 10.1. The van der Waals surface area contributed by atoms with E-state index < -0.39 is 0 Å². The molecule has 1 atom stereocenters. The van der Waals surface area contributed by atoms with Gasteiger partial charge in [-0.2, -0.15) is 11.8 Å². The van der Waals surface area contributed by atoms with E-state index in [1.165, 1.54) is 0 Å². The molecule has 0 aliphatic rings. The van der Waals surface area contributed by atoms with Gasteiger partial charge in [-0.15, -0.1) is 0 Å². The van der Waals surface area contributed by atoms with Crippen molar-refractivity contribution in [2.45, 2.75) is 31.6 Å². The summed E-state index contributed by atoms with van der Waals surface area (Å²) in [4.78, 5) is 0. The van der Waals surface area contributed by atoms with Crippen LogP contribution in [0.3, 0.4) is 0 Å². The number of thioether (sulfide) groups is 1. The topological polar surface area (TPSA) is 12.0 Å². The van der Waals surface area contributed by atoms with Gasteiger partial charge in [0.2, 0.25) is 0 Å². The van der Waals surface area contributed by atoms with Crippen molar-refractivity contribution in [1.82, 2.24) is 5.32 Å². The Balaban J connectivity index is 3.80. The Morgan fingerprint density at radius 3 is 2.00 bits per heavy atom. The minimum absolute atomic E-state index is 0.356. The maximum Gasteiger partial charge on any atom is 0.0251 e. The quantitative estimate of drug-likeness (QED) is 0.652. The van der Waals surface area contributed by atoms with Gasteiger partial charge in [-0.25, -0.2) is 0 Å². The highest BCUT2D eigenvalue weighted by molar-refractivity contribution is 8.00. The van der Waals surface area contributed by atoms with E-state index in [9.17, 15) is 0 Å². The number of hydrogen-bond donors (Lipinski definition) is 1. The van der Waals surface area contributed by atoms with E-state index in [0.717, 1.165) is 0 Å². The van der Waals surface area contributed by atoms with Crippen LogP contribution in [0.15, 0.2) is 0 Å². The van der Waals surface area contributed by atoms with Crippen LogP contribution in [0.5, 0.6) is 0 Å². The molecule has 2 heteroatoms. The van der Waals surface area contributed by atoms with Gasteiger partial charge in [-0.3, -0.25) is 0 Å². The minimum atomic E-state index is 0.356. The van der Waals surface area contributed by atoms with Gasteiger partial charge >= 0.3 is 0 Å². The van der Waals surface area contributed by atoms with Crippen LogP contribution in [0.25, 0.3) is 0 Å². The zero-order chi connectivity index (χ0) is 7.49. The van der Waals surface area contributed by atoms with E-state index in [1.807, 2.05) is 18.8 Å². The fourth-order valence-corrected chi connectivity index (χ4v) is 0.996. The molecule has 0 aromatic carbocycles. The lowest BCUT2D eigenvalue weighted by molar-refractivity contribution is 0.499. The second kappa shape index (κ2) is 3.47. The first-order chi connectivity index (χ1) is 4.04. The van der Waals surface area contributed by atoms with Gasteiger partial charge in [0.05, 0.1) is 0 Å². The minimum Gasteiger partial charge on any atom is -0.316 e. The SMILES string of the molecule is CNC(C)C(C)(C)SC. The molecule has 0 aliphatic carbocycles. The van der Waals surface area contributed by atoms with Crippen molar-refractivity contribution in [3.05, 3.63) is 0 Å².